The zero-order valence-corrected chi connectivity index (χ0v) is 17.1. The third-order valence-electron chi connectivity index (χ3n) is 3.98. The van der Waals surface area contributed by atoms with Crippen LogP contribution in [0.4, 0.5) is 0 Å². The van der Waals surface area contributed by atoms with E-state index in [0.29, 0.717) is 34.7 Å². The second-order valence-electron chi connectivity index (χ2n) is 6.00. The van der Waals surface area contributed by atoms with Crippen molar-refractivity contribution in [2.45, 2.75) is 27.4 Å². The molecule has 0 fully saturated rings. The summed E-state index contributed by atoms with van der Waals surface area (Å²) in [5.74, 6) is 0.301. The van der Waals surface area contributed by atoms with Gasteiger partial charge in [0.05, 0.1) is 11.1 Å². The zero-order valence-electron chi connectivity index (χ0n) is 15.5. The number of primary amides is 1. The molecular weight excluding hydrogens is 408 g/mol. The Labute approximate surface area is 167 Å². The van der Waals surface area contributed by atoms with E-state index in [0.717, 1.165) is 5.56 Å². The van der Waals surface area contributed by atoms with Gasteiger partial charge in [0.25, 0.3) is 5.91 Å². The molecule has 1 amide bonds. The van der Waals surface area contributed by atoms with Crippen LogP contribution in [0.2, 0.25) is 0 Å². The quantitative estimate of drug-likeness (QED) is 0.521. The van der Waals surface area contributed by atoms with Crippen LogP contribution < -0.4 is 15.2 Å². The molecule has 0 aliphatic heterocycles. The number of ether oxygens (including phenoxy) is 2. The summed E-state index contributed by atoms with van der Waals surface area (Å²) in [6, 6.07) is 11.4. The standard InChI is InChI=1S/C21H21BrN2O3/c1-4-26-19-10-16(8-17(11-23)21(24)25)9-18(22)20(19)27-12-15-6-5-13(2)14(3)7-15/h5-10H,4,12H2,1-3H3,(H2,24,25)/b17-8+. The Hall–Kier alpha value is -2.78. The largest absolute Gasteiger partial charge is 0.490 e. The summed E-state index contributed by atoms with van der Waals surface area (Å²) >= 11 is 3.48. The number of halogens is 1. The Morgan fingerprint density at radius 1 is 1.22 bits per heavy atom. The fourth-order valence-electron chi connectivity index (χ4n) is 2.45. The molecule has 0 saturated carbocycles. The minimum absolute atomic E-state index is 0.131. The van der Waals surface area contributed by atoms with Gasteiger partial charge in [-0.15, -0.1) is 0 Å². The van der Waals surface area contributed by atoms with Crippen molar-refractivity contribution in [1.29, 1.82) is 5.26 Å². The number of nitriles is 1. The summed E-state index contributed by atoms with van der Waals surface area (Å²) in [5.41, 5.74) is 9.16. The van der Waals surface area contributed by atoms with Gasteiger partial charge in [0.15, 0.2) is 11.5 Å². The molecule has 0 saturated heterocycles. The molecule has 0 heterocycles. The zero-order chi connectivity index (χ0) is 20.0. The van der Waals surface area contributed by atoms with Crippen molar-refractivity contribution in [3.05, 3.63) is 62.6 Å². The van der Waals surface area contributed by atoms with Gasteiger partial charge in [-0.3, -0.25) is 4.79 Å². The number of benzene rings is 2. The van der Waals surface area contributed by atoms with Crippen LogP contribution in [0.15, 0.2) is 40.4 Å². The molecule has 0 aliphatic rings. The third kappa shape index (κ3) is 5.35. The van der Waals surface area contributed by atoms with Crippen LogP contribution in [0.3, 0.4) is 0 Å². The summed E-state index contributed by atoms with van der Waals surface area (Å²) in [6.07, 6.45) is 1.42. The van der Waals surface area contributed by atoms with Gasteiger partial charge < -0.3 is 15.2 Å². The highest BCUT2D eigenvalue weighted by Crippen LogP contribution is 2.38. The number of carbonyl (C=O) groups is 1. The van der Waals surface area contributed by atoms with E-state index in [1.807, 2.05) is 13.0 Å². The van der Waals surface area contributed by atoms with E-state index in [1.54, 1.807) is 18.2 Å². The smallest absolute Gasteiger partial charge is 0.259 e. The molecule has 0 aliphatic carbocycles. The maximum atomic E-state index is 11.3. The maximum Gasteiger partial charge on any atom is 0.259 e. The highest BCUT2D eigenvalue weighted by atomic mass is 79.9. The topological polar surface area (TPSA) is 85.3 Å². The monoisotopic (exact) mass is 428 g/mol. The molecule has 27 heavy (non-hydrogen) atoms. The lowest BCUT2D eigenvalue weighted by Crippen LogP contribution is -2.12. The summed E-state index contributed by atoms with van der Waals surface area (Å²) in [7, 11) is 0. The van der Waals surface area contributed by atoms with Crippen molar-refractivity contribution < 1.29 is 14.3 Å². The number of nitrogens with two attached hydrogens (primary N) is 1. The Morgan fingerprint density at radius 2 is 1.96 bits per heavy atom. The lowest BCUT2D eigenvalue weighted by atomic mass is 10.1. The van der Waals surface area contributed by atoms with E-state index in [2.05, 4.69) is 41.9 Å². The molecule has 2 aromatic carbocycles. The molecule has 2 rings (SSSR count). The van der Waals surface area contributed by atoms with Crippen LogP contribution in [0.25, 0.3) is 6.08 Å². The van der Waals surface area contributed by atoms with E-state index in [-0.39, 0.29) is 5.57 Å². The third-order valence-corrected chi connectivity index (χ3v) is 4.57. The average molecular weight is 429 g/mol. The Kier molecular flexibility index (Phi) is 7.03. The van der Waals surface area contributed by atoms with Gasteiger partial charge in [-0.05, 0) is 77.2 Å². The van der Waals surface area contributed by atoms with Crippen molar-refractivity contribution in [3.8, 4) is 17.6 Å². The molecule has 0 aromatic heterocycles. The van der Waals surface area contributed by atoms with Crippen LogP contribution >= 0.6 is 15.9 Å². The van der Waals surface area contributed by atoms with E-state index >= 15 is 0 Å². The number of hydrogen-bond acceptors (Lipinski definition) is 4. The highest BCUT2D eigenvalue weighted by Gasteiger charge is 2.13. The van der Waals surface area contributed by atoms with Gasteiger partial charge in [-0.1, -0.05) is 18.2 Å². The molecule has 6 heteroatoms. The van der Waals surface area contributed by atoms with Gasteiger partial charge in [0.2, 0.25) is 0 Å². The minimum atomic E-state index is -0.776. The number of nitrogens with zero attached hydrogens (tertiary/aromatic N) is 1. The molecule has 0 atom stereocenters. The van der Waals surface area contributed by atoms with Gasteiger partial charge >= 0.3 is 0 Å². The minimum Gasteiger partial charge on any atom is -0.490 e. The first-order chi connectivity index (χ1) is 12.8. The first-order valence-corrected chi connectivity index (χ1v) is 9.21. The number of rotatable bonds is 7. The first-order valence-electron chi connectivity index (χ1n) is 8.42. The van der Waals surface area contributed by atoms with Crippen molar-refractivity contribution >= 4 is 27.9 Å². The van der Waals surface area contributed by atoms with Gasteiger partial charge in [-0.2, -0.15) is 5.26 Å². The van der Waals surface area contributed by atoms with E-state index < -0.39 is 5.91 Å². The van der Waals surface area contributed by atoms with Crippen molar-refractivity contribution in [2.24, 2.45) is 5.73 Å². The second kappa shape index (κ2) is 9.24. The number of carbonyl (C=O) groups excluding carboxylic acids is 1. The molecule has 2 aromatic rings. The van der Waals surface area contributed by atoms with Crippen molar-refractivity contribution in [2.75, 3.05) is 6.61 Å². The Balaban J connectivity index is 2.34. The molecule has 0 spiro atoms. The predicted octanol–water partition coefficient (Wildman–Crippen LogP) is 4.44. The molecule has 2 N–H and O–H groups in total. The summed E-state index contributed by atoms with van der Waals surface area (Å²) in [4.78, 5) is 11.3. The lowest BCUT2D eigenvalue weighted by molar-refractivity contribution is -0.114. The van der Waals surface area contributed by atoms with Crippen LogP contribution in [-0.2, 0) is 11.4 Å². The highest BCUT2D eigenvalue weighted by molar-refractivity contribution is 9.10. The molecule has 0 bridgehead atoms. The summed E-state index contributed by atoms with van der Waals surface area (Å²) < 4.78 is 12.3. The van der Waals surface area contributed by atoms with Crippen LogP contribution in [0.5, 0.6) is 11.5 Å². The number of hydrogen-bond donors (Lipinski definition) is 1. The fraction of sp³-hybridized carbons (Fsp3) is 0.238. The normalized spacial score (nSPS) is 11.0. The van der Waals surface area contributed by atoms with Gasteiger partial charge in [0, 0.05) is 0 Å². The first kappa shape index (κ1) is 20.5. The van der Waals surface area contributed by atoms with E-state index in [1.165, 1.54) is 17.2 Å². The average Bonchev–Trinajstić information content (AvgIpc) is 2.61. The van der Waals surface area contributed by atoms with Crippen LogP contribution in [0, 0.1) is 25.2 Å². The maximum absolute atomic E-state index is 11.3. The van der Waals surface area contributed by atoms with Gasteiger partial charge in [-0.25, -0.2) is 0 Å². The summed E-state index contributed by atoms with van der Waals surface area (Å²) in [5, 5.41) is 9.02. The van der Waals surface area contributed by atoms with Crippen LogP contribution in [0.1, 0.15) is 29.2 Å². The molecular formula is C21H21BrN2O3. The number of aryl methyl sites for hydroxylation is 2. The summed E-state index contributed by atoms with van der Waals surface area (Å²) in [6.45, 7) is 6.83. The van der Waals surface area contributed by atoms with Crippen molar-refractivity contribution in [1.82, 2.24) is 0 Å². The fourth-order valence-corrected chi connectivity index (χ4v) is 3.02. The Morgan fingerprint density at radius 3 is 2.56 bits per heavy atom. The molecule has 5 nitrogen and oxygen atoms in total. The Bertz CT molecular complexity index is 930. The molecule has 140 valence electrons. The van der Waals surface area contributed by atoms with Crippen LogP contribution in [-0.4, -0.2) is 12.5 Å². The van der Waals surface area contributed by atoms with E-state index in [9.17, 15) is 4.79 Å². The van der Waals surface area contributed by atoms with Crippen molar-refractivity contribution in [3.63, 3.8) is 0 Å². The SMILES string of the molecule is CCOc1cc(/C=C(\C#N)C(N)=O)cc(Br)c1OCc1ccc(C)c(C)c1. The predicted molar refractivity (Wildman–Crippen MR) is 108 cm³/mol. The molecule has 0 radical (unpaired) electrons. The lowest BCUT2D eigenvalue weighted by Gasteiger charge is -2.15. The van der Waals surface area contributed by atoms with Gasteiger partial charge in [0.1, 0.15) is 18.2 Å². The van der Waals surface area contributed by atoms with E-state index in [4.69, 9.17) is 20.5 Å². The second-order valence-corrected chi connectivity index (χ2v) is 6.86. The molecule has 0 unspecified atom stereocenters. The number of amides is 1.